The van der Waals surface area contributed by atoms with Gasteiger partial charge in [-0.1, -0.05) is 0 Å². The van der Waals surface area contributed by atoms with Crippen molar-refractivity contribution in [2.75, 3.05) is 6.54 Å². The average molecular weight is 335 g/mol. The number of carbonyl (C=O) groups is 1. The number of carbonyl (C=O) groups excluding carboxylic acids is 1. The summed E-state index contributed by atoms with van der Waals surface area (Å²) in [6, 6.07) is 4.40. The molecule has 1 aromatic rings. The van der Waals surface area contributed by atoms with E-state index in [0.29, 0.717) is 5.56 Å². The van der Waals surface area contributed by atoms with Crippen LogP contribution in [0.5, 0.6) is 0 Å². The Morgan fingerprint density at radius 3 is 2.91 bits per heavy atom. The van der Waals surface area contributed by atoms with Crippen molar-refractivity contribution in [3.8, 4) is 6.07 Å². The molecule has 23 heavy (non-hydrogen) atoms. The molecule has 1 fully saturated rings. The smallest absolute Gasteiger partial charge is 0.410 e. The molecule has 1 aliphatic heterocycles. The topological polar surface area (TPSA) is 65.4 Å². The summed E-state index contributed by atoms with van der Waals surface area (Å²) < 4.78 is 5.50. The number of piperidine rings is 1. The van der Waals surface area contributed by atoms with Crippen molar-refractivity contribution in [2.45, 2.75) is 64.8 Å². The number of thiophene rings is 1. The zero-order valence-electron chi connectivity index (χ0n) is 14.3. The standard InChI is InChI=1S/C17H25N3O2S/c1-12-15(19-10-14-8-13(9-18)11-23-14)6-5-7-20(12)16(21)22-17(2,3)4/h8,11-12,15,19H,5-7,10H2,1-4H3. The van der Waals surface area contributed by atoms with Crippen molar-refractivity contribution in [1.82, 2.24) is 10.2 Å². The molecule has 0 aromatic carbocycles. The molecule has 2 rings (SSSR count). The molecule has 126 valence electrons. The zero-order chi connectivity index (χ0) is 17.0. The maximum absolute atomic E-state index is 12.3. The van der Waals surface area contributed by atoms with Gasteiger partial charge < -0.3 is 15.0 Å². The predicted octanol–water partition coefficient (Wildman–Crippen LogP) is 3.50. The van der Waals surface area contributed by atoms with Crippen LogP contribution in [0.4, 0.5) is 4.79 Å². The first-order valence-corrected chi connectivity index (χ1v) is 8.88. The van der Waals surface area contributed by atoms with E-state index in [2.05, 4.69) is 18.3 Å². The maximum atomic E-state index is 12.3. The highest BCUT2D eigenvalue weighted by Gasteiger charge is 2.33. The summed E-state index contributed by atoms with van der Waals surface area (Å²) in [7, 11) is 0. The number of rotatable bonds is 3. The molecule has 0 aliphatic carbocycles. The van der Waals surface area contributed by atoms with Crippen LogP contribution in [0.3, 0.4) is 0 Å². The number of hydrogen-bond acceptors (Lipinski definition) is 5. The Bertz CT molecular complexity index is 585. The summed E-state index contributed by atoms with van der Waals surface area (Å²) in [6.45, 7) is 9.20. The van der Waals surface area contributed by atoms with Crippen LogP contribution in [0.15, 0.2) is 11.4 Å². The number of likely N-dealkylation sites (tertiary alicyclic amines) is 1. The van der Waals surface area contributed by atoms with E-state index in [4.69, 9.17) is 10.00 Å². The van der Waals surface area contributed by atoms with Gasteiger partial charge in [0.15, 0.2) is 0 Å². The molecule has 1 amide bonds. The zero-order valence-corrected chi connectivity index (χ0v) is 15.1. The average Bonchev–Trinajstić information content (AvgIpc) is 2.92. The van der Waals surface area contributed by atoms with Gasteiger partial charge in [-0.15, -0.1) is 11.3 Å². The van der Waals surface area contributed by atoms with Gasteiger partial charge in [0.05, 0.1) is 5.56 Å². The summed E-state index contributed by atoms with van der Waals surface area (Å²) in [5.74, 6) is 0. The van der Waals surface area contributed by atoms with E-state index in [1.807, 2.05) is 37.1 Å². The summed E-state index contributed by atoms with van der Waals surface area (Å²) in [4.78, 5) is 15.3. The first-order chi connectivity index (χ1) is 10.8. The molecule has 0 saturated carbocycles. The second kappa shape index (κ2) is 7.33. The van der Waals surface area contributed by atoms with Crippen LogP contribution in [-0.2, 0) is 11.3 Å². The van der Waals surface area contributed by atoms with E-state index in [-0.39, 0.29) is 18.2 Å². The van der Waals surface area contributed by atoms with Gasteiger partial charge in [-0.05, 0) is 46.6 Å². The van der Waals surface area contributed by atoms with Gasteiger partial charge >= 0.3 is 6.09 Å². The highest BCUT2D eigenvalue weighted by atomic mass is 32.1. The molecule has 1 aliphatic rings. The van der Waals surface area contributed by atoms with E-state index < -0.39 is 5.60 Å². The van der Waals surface area contributed by atoms with Crippen molar-refractivity contribution in [1.29, 1.82) is 5.26 Å². The molecule has 1 aromatic heterocycles. The second-order valence-corrected chi connectivity index (χ2v) is 7.95. The maximum Gasteiger partial charge on any atom is 0.410 e. The third-order valence-electron chi connectivity index (χ3n) is 3.94. The summed E-state index contributed by atoms with van der Waals surface area (Å²) >= 11 is 1.59. The van der Waals surface area contributed by atoms with Crippen molar-refractivity contribution in [2.24, 2.45) is 0 Å². The Hall–Kier alpha value is -1.58. The first kappa shape index (κ1) is 17.8. The monoisotopic (exact) mass is 335 g/mol. The molecule has 6 heteroatoms. The fourth-order valence-electron chi connectivity index (χ4n) is 2.76. The molecule has 1 N–H and O–H groups in total. The molecule has 0 spiro atoms. The van der Waals surface area contributed by atoms with Crippen molar-refractivity contribution in [3.05, 3.63) is 21.9 Å². The highest BCUT2D eigenvalue weighted by Crippen LogP contribution is 2.22. The minimum absolute atomic E-state index is 0.0917. The van der Waals surface area contributed by atoms with E-state index in [1.165, 1.54) is 0 Å². The molecule has 1 saturated heterocycles. The second-order valence-electron chi connectivity index (χ2n) is 6.96. The first-order valence-electron chi connectivity index (χ1n) is 8.00. The number of amides is 1. The number of hydrogen-bond donors (Lipinski definition) is 1. The van der Waals surface area contributed by atoms with Gasteiger partial charge in [0.25, 0.3) is 0 Å². The number of nitriles is 1. The van der Waals surface area contributed by atoms with Gasteiger partial charge in [-0.25, -0.2) is 4.79 Å². The van der Waals surface area contributed by atoms with E-state index in [1.54, 1.807) is 11.3 Å². The normalized spacial score (nSPS) is 21.8. The van der Waals surface area contributed by atoms with Crippen molar-refractivity contribution < 1.29 is 9.53 Å². The van der Waals surface area contributed by atoms with Gasteiger partial charge in [-0.3, -0.25) is 0 Å². The lowest BCUT2D eigenvalue weighted by atomic mass is 9.98. The Labute approximate surface area is 142 Å². The lowest BCUT2D eigenvalue weighted by Gasteiger charge is -2.40. The van der Waals surface area contributed by atoms with Gasteiger partial charge in [-0.2, -0.15) is 5.26 Å². The molecular formula is C17H25N3O2S. The molecule has 2 atom stereocenters. The Balaban J connectivity index is 1.92. The molecule has 2 unspecified atom stereocenters. The molecular weight excluding hydrogens is 310 g/mol. The minimum atomic E-state index is -0.470. The van der Waals surface area contributed by atoms with Crippen molar-refractivity contribution in [3.63, 3.8) is 0 Å². The van der Waals surface area contributed by atoms with E-state index >= 15 is 0 Å². The number of ether oxygens (including phenoxy) is 1. The fraction of sp³-hybridized carbons (Fsp3) is 0.647. The van der Waals surface area contributed by atoms with Gasteiger partial charge in [0.1, 0.15) is 11.7 Å². The van der Waals surface area contributed by atoms with Gasteiger partial charge in [0.2, 0.25) is 0 Å². The third kappa shape index (κ3) is 4.95. The number of nitrogens with zero attached hydrogens (tertiary/aromatic N) is 2. The van der Waals surface area contributed by atoms with E-state index in [0.717, 1.165) is 30.8 Å². The van der Waals surface area contributed by atoms with Crippen LogP contribution in [-0.4, -0.2) is 35.2 Å². The Morgan fingerprint density at radius 2 is 2.30 bits per heavy atom. The van der Waals surface area contributed by atoms with Crippen LogP contribution in [0.25, 0.3) is 0 Å². The Kier molecular flexibility index (Phi) is 5.66. The van der Waals surface area contributed by atoms with Crippen LogP contribution in [0, 0.1) is 11.3 Å². The summed E-state index contributed by atoms with van der Waals surface area (Å²) in [6.07, 6.45) is 1.77. The van der Waals surface area contributed by atoms with Crippen molar-refractivity contribution >= 4 is 17.4 Å². The number of nitrogens with one attached hydrogen (secondary N) is 1. The largest absolute Gasteiger partial charge is 0.444 e. The molecule has 2 heterocycles. The quantitative estimate of drug-likeness (QED) is 0.918. The summed E-state index contributed by atoms with van der Waals surface area (Å²) in [5.41, 5.74) is 0.237. The molecule has 5 nitrogen and oxygen atoms in total. The SMILES string of the molecule is CC1C(NCc2cc(C#N)cs2)CCCN1C(=O)OC(C)(C)C. The molecule has 0 radical (unpaired) electrons. The van der Waals surface area contributed by atoms with Crippen LogP contribution >= 0.6 is 11.3 Å². The summed E-state index contributed by atoms with van der Waals surface area (Å²) in [5, 5.41) is 14.3. The van der Waals surface area contributed by atoms with Gasteiger partial charge in [0, 0.05) is 35.4 Å². The van der Waals surface area contributed by atoms with Crippen LogP contribution in [0.2, 0.25) is 0 Å². The van der Waals surface area contributed by atoms with E-state index in [9.17, 15) is 4.79 Å². The third-order valence-corrected chi connectivity index (χ3v) is 4.87. The fourth-order valence-corrected chi connectivity index (χ4v) is 3.52. The van der Waals surface area contributed by atoms with Crippen LogP contribution in [0.1, 0.15) is 51.0 Å². The molecule has 0 bridgehead atoms. The van der Waals surface area contributed by atoms with Crippen LogP contribution < -0.4 is 5.32 Å². The Morgan fingerprint density at radius 1 is 1.57 bits per heavy atom. The predicted molar refractivity (Wildman–Crippen MR) is 91.3 cm³/mol. The highest BCUT2D eigenvalue weighted by molar-refractivity contribution is 7.10. The minimum Gasteiger partial charge on any atom is -0.444 e. The lowest BCUT2D eigenvalue weighted by Crippen LogP contribution is -2.55. The lowest BCUT2D eigenvalue weighted by molar-refractivity contribution is 0.00700.